The molecule has 4 rings (SSSR count). The van der Waals surface area contributed by atoms with Gasteiger partial charge in [0.15, 0.2) is 6.10 Å². The minimum absolute atomic E-state index is 0.0175. The van der Waals surface area contributed by atoms with Gasteiger partial charge in [-0.3, -0.25) is 9.17 Å². The van der Waals surface area contributed by atoms with Crippen molar-refractivity contribution in [2.24, 2.45) is 0 Å². The molecule has 134 valence electrons. The molecule has 8 heteroatoms. The van der Waals surface area contributed by atoms with Crippen LogP contribution in [0.2, 0.25) is 0 Å². The lowest BCUT2D eigenvalue weighted by Crippen LogP contribution is -2.08. The number of aromatic nitrogens is 1. The van der Waals surface area contributed by atoms with Crippen molar-refractivity contribution in [2.75, 3.05) is 6.61 Å². The second kappa shape index (κ2) is 6.21. The Morgan fingerprint density at radius 1 is 1.15 bits per heavy atom. The Morgan fingerprint density at radius 2 is 1.92 bits per heavy atom. The Bertz CT molecular complexity index is 992. The molecule has 0 bridgehead atoms. The fraction of sp³-hybridized carbons (Fsp3) is 0.167. The second-order valence-corrected chi connectivity index (χ2v) is 6.59. The minimum atomic E-state index is -4.47. The van der Waals surface area contributed by atoms with Crippen molar-refractivity contribution in [3.63, 3.8) is 0 Å². The van der Waals surface area contributed by atoms with Gasteiger partial charge in [-0.25, -0.2) is 0 Å². The van der Waals surface area contributed by atoms with E-state index in [1.165, 1.54) is 23.7 Å². The lowest BCUT2D eigenvalue weighted by Gasteiger charge is -2.14. The molecular formula is C18H12F3NO3S. The van der Waals surface area contributed by atoms with Crippen LogP contribution in [-0.4, -0.2) is 11.0 Å². The first-order valence-corrected chi connectivity index (χ1v) is 8.52. The molecule has 1 unspecified atom stereocenters. The predicted octanol–water partition coefficient (Wildman–Crippen LogP) is 4.63. The third-order valence-electron chi connectivity index (χ3n) is 4.02. The molecule has 26 heavy (non-hydrogen) atoms. The topological polar surface area (TPSA) is 51.3 Å². The number of benzene rings is 2. The van der Waals surface area contributed by atoms with Crippen molar-refractivity contribution in [3.8, 4) is 21.9 Å². The summed E-state index contributed by atoms with van der Waals surface area (Å²) in [5, 5.41) is 0. The van der Waals surface area contributed by atoms with E-state index in [1.54, 1.807) is 30.3 Å². The van der Waals surface area contributed by atoms with Crippen LogP contribution >= 0.6 is 11.5 Å². The molecule has 1 atom stereocenters. The number of hydrogen-bond donors (Lipinski definition) is 1. The minimum Gasteiger partial charge on any atom is -0.488 e. The van der Waals surface area contributed by atoms with Gasteiger partial charge in [-0.15, -0.1) is 0 Å². The zero-order valence-electron chi connectivity index (χ0n) is 13.2. The predicted molar refractivity (Wildman–Crippen MR) is 90.7 cm³/mol. The zero-order chi connectivity index (χ0) is 18.3. The Kier molecular flexibility index (Phi) is 3.99. The van der Waals surface area contributed by atoms with Crippen molar-refractivity contribution in [1.82, 2.24) is 4.37 Å². The standard InChI is InChI=1S/C18H12F3NO3S/c19-18(20,21)13-3-1-2-12-14(9-24-17(12)13)25-11-6-4-10(5-7-11)15-8-16(23)22-26-15/h1-8,14H,9H2,(H,22,23). The number of alkyl halides is 3. The number of halogens is 3. The summed E-state index contributed by atoms with van der Waals surface area (Å²) in [5.74, 6) is 0.342. The van der Waals surface area contributed by atoms with E-state index in [1.807, 2.05) is 0 Å². The van der Waals surface area contributed by atoms with E-state index in [0.29, 0.717) is 11.3 Å². The summed E-state index contributed by atoms with van der Waals surface area (Å²) < 4.78 is 52.9. The van der Waals surface area contributed by atoms with E-state index in [0.717, 1.165) is 16.5 Å². The van der Waals surface area contributed by atoms with Gasteiger partial charge in [0, 0.05) is 11.6 Å². The Hall–Kier alpha value is -2.74. The first-order chi connectivity index (χ1) is 12.4. The van der Waals surface area contributed by atoms with Gasteiger partial charge < -0.3 is 9.47 Å². The first-order valence-electron chi connectivity index (χ1n) is 7.70. The Balaban J connectivity index is 1.56. The molecule has 0 amide bonds. The molecule has 1 aliphatic rings. The van der Waals surface area contributed by atoms with Crippen LogP contribution in [0, 0.1) is 0 Å². The fourth-order valence-electron chi connectivity index (χ4n) is 2.83. The molecule has 3 aromatic rings. The molecule has 0 saturated heterocycles. The number of fused-ring (bicyclic) bond motifs is 1. The van der Waals surface area contributed by atoms with E-state index in [-0.39, 0.29) is 17.9 Å². The number of nitrogens with one attached hydrogen (secondary N) is 1. The van der Waals surface area contributed by atoms with Crippen molar-refractivity contribution in [1.29, 1.82) is 0 Å². The maximum atomic E-state index is 13.1. The zero-order valence-corrected chi connectivity index (χ0v) is 14.0. The van der Waals surface area contributed by atoms with E-state index in [9.17, 15) is 18.0 Å². The molecule has 1 aromatic heterocycles. The molecule has 0 radical (unpaired) electrons. The van der Waals surface area contributed by atoms with Gasteiger partial charge in [-0.05, 0) is 35.9 Å². The largest absolute Gasteiger partial charge is 0.488 e. The van der Waals surface area contributed by atoms with Crippen LogP contribution in [0.1, 0.15) is 17.2 Å². The van der Waals surface area contributed by atoms with Crippen LogP contribution in [0.15, 0.2) is 53.3 Å². The molecule has 2 aromatic carbocycles. The molecule has 1 N–H and O–H groups in total. The summed E-state index contributed by atoms with van der Waals surface area (Å²) in [6.45, 7) is 0.0175. The van der Waals surface area contributed by atoms with Crippen LogP contribution in [0.3, 0.4) is 0 Å². The lowest BCUT2D eigenvalue weighted by molar-refractivity contribution is -0.138. The second-order valence-electron chi connectivity index (χ2n) is 5.74. The Morgan fingerprint density at radius 3 is 2.58 bits per heavy atom. The number of para-hydroxylation sites is 1. The van der Waals surface area contributed by atoms with Crippen molar-refractivity contribution in [3.05, 3.63) is 70.0 Å². The molecular weight excluding hydrogens is 367 g/mol. The number of H-pyrrole nitrogens is 1. The average Bonchev–Trinajstić information content (AvgIpc) is 3.21. The Labute approximate surface area is 150 Å². The third-order valence-corrected chi connectivity index (χ3v) is 4.89. The molecule has 0 fully saturated rings. The maximum absolute atomic E-state index is 13.1. The summed E-state index contributed by atoms with van der Waals surface area (Å²) in [5.41, 5.74) is 0.278. The van der Waals surface area contributed by atoms with Crippen molar-refractivity contribution >= 4 is 11.5 Å². The average molecular weight is 379 g/mol. The quantitative estimate of drug-likeness (QED) is 0.722. The summed E-state index contributed by atoms with van der Waals surface area (Å²) >= 11 is 1.23. The highest BCUT2D eigenvalue weighted by molar-refractivity contribution is 7.09. The molecule has 4 nitrogen and oxygen atoms in total. The molecule has 0 saturated carbocycles. The highest BCUT2D eigenvalue weighted by Gasteiger charge is 2.39. The summed E-state index contributed by atoms with van der Waals surface area (Å²) in [6.07, 6.45) is -5.08. The molecule has 0 spiro atoms. The SMILES string of the molecule is O=c1cc(-c2ccc(OC3COc4c3cccc4C(F)(F)F)cc2)s[nH]1. The van der Waals surface area contributed by atoms with Gasteiger partial charge in [-0.2, -0.15) is 13.2 Å². The third kappa shape index (κ3) is 3.08. The van der Waals surface area contributed by atoms with Crippen LogP contribution in [0.4, 0.5) is 13.2 Å². The lowest BCUT2D eigenvalue weighted by atomic mass is 10.1. The highest BCUT2D eigenvalue weighted by Crippen LogP contribution is 2.44. The maximum Gasteiger partial charge on any atom is 0.419 e. The molecule has 2 heterocycles. The van der Waals surface area contributed by atoms with Gasteiger partial charge in [0.1, 0.15) is 18.1 Å². The van der Waals surface area contributed by atoms with Gasteiger partial charge in [0.25, 0.3) is 5.56 Å². The molecule has 1 aliphatic heterocycles. The number of aromatic amines is 1. The van der Waals surface area contributed by atoms with E-state index in [4.69, 9.17) is 9.47 Å². The summed E-state index contributed by atoms with van der Waals surface area (Å²) in [7, 11) is 0. The number of ether oxygens (including phenoxy) is 2. The van der Waals surface area contributed by atoms with Crippen LogP contribution < -0.4 is 15.0 Å². The van der Waals surface area contributed by atoms with Crippen molar-refractivity contribution < 1.29 is 22.6 Å². The van der Waals surface area contributed by atoms with Crippen LogP contribution in [0.25, 0.3) is 10.4 Å². The van der Waals surface area contributed by atoms with Gasteiger partial charge in [-0.1, -0.05) is 23.7 Å². The van der Waals surface area contributed by atoms with Gasteiger partial charge in [0.05, 0.1) is 10.4 Å². The van der Waals surface area contributed by atoms with E-state index >= 15 is 0 Å². The summed E-state index contributed by atoms with van der Waals surface area (Å²) in [4.78, 5) is 12.0. The monoisotopic (exact) mass is 379 g/mol. The van der Waals surface area contributed by atoms with Crippen LogP contribution in [0.5, 0.6) is 11.5 Å². The van der Waals surface area contributed by atoms with Gasteiger partial charge in [0.2, 0.25) is 0 Å². The number of hydrogen-bond acceptors (Lipinski definition) is 4. The highest BCUT2D eigenvalue weighted by atomic mass is 32.1. The van der Waals surface area contributed by atoms with E-state index in [2.05, 4.69) is 4.37 Å². The normalized spacial score (nSPS) is 16.2. The molecule has 0 aliphatic carbocycles. The van der Waals surface area contributed by atoms with Crippen LogP contribution in [-0.2, 0) is 6.18 Å². The summed E-state index contributed by atoms with van der Waals surface area (Å²) in [6, 6.07) is 12.4. The first kappa shape index (κ1) is 16.7. The van der Waals surface area contributed by atoms with E-state index < -0.39 is 17.8 Å². The van der Waals surface area contributed by atoms with Crippen molar-refractivity contribution in [2.45, 2.75) is 12.3 Å². The fourth-order valence-corrected chi connectivity index (χ4v) is 3.52. The number of rotatable bonds is 3. The smallest absolute Gasteiger partial charge is 0.419 e. The van der Waals surface area contributed by atoms with Gasteiger partial charge >= 0.3 is 6.18 Å².